The van der Waals surface area contributed by atoms with Gasteiger partial charge in [0.1, 0.15) is 6.07 Å². The molecule has 1 aromatic carbocycles. The van der Waals surface area contributed by atoms with Crippen molar-refractivity contribution in [1.29, 1.82) is 5.26 Å². The van der Waals surface area contributed by atoms with Crippen LogP contribution in [0.1, 0.15) is 18.4 Å². The summed E-state index contributed by atoms with van der Waals surface area (Å²) in [5.74, 6) is -1.73. The minimum Gasteiger partial charge on any atom is -0.396 e. The van der Waals surface area contributed by atoms with Crippen LogP contribution in [0, 0.1) is 28.9 Å². The highest BCUT2D eigenvalue weighted by molar-refractivity contribution is 5.52. The maximum atomic E-state index is 13.8. The Hall–Kier alpha value is -1.67. The van der Waals surface area contributed by atoms with Gasteiger partial charge >= 0.3 is 0 Å². The second-order valence-corrected chi connectivity index (χ2v) is 4.49. The van der Waals surface area contributed by atoms with Gasteiger partial charge in [0.25, 0.3) is 0 Å². The molecule has 0 aromatic heterocycles. The van der Waals surface area contributed by atoms with Gasteiger partial charge in [-0.15, -0.1) is 0 Å². The van der Waals surface area contributed by atoms with Gasteiger partial charge in [-0.05, 0) is 30.9 Å². The molecule has 0 aliphatic carbocycles. The summed E-state index contributed by atoms with van der Waals surface area (Å²) in [4.78, 5) is 1.76. The molecule has 1 heterocycles. The van der Waals surface area contributed by atoms with Crippen molar-refractivity contribution in [2.24, 2.45) is 5.92 Å². The Bertz CT molecular complexity index is 485. The molecule has 0 bridgehead atoms. The lowest BCUT2D eigenvalue weighted by atomic mass is 10.1. The van der Waals surface area contributed by atoms with Crippen molar-refractivity contribution >= 4 is 5.69 Å². The van der Waals surface area contributed by atoms with Gasteiger partial charge in [0.2, 0.25) is 0 Å². The molecule has 3 nitrogen and oxygen atoms in total. The monoisotopic (exact) mass is 252 g/mol. The fraction of sp³-hybridized carbons (Fsp3) is 0.462. The standard InChI is InChI=1S/C13H14F2N2O/c14-12-10(7-16)1-2-11(13(12)15)17-5-3-9(8-17)4-6-18/h1-2,9,18H,3-6,8H2. The number of aliphatic hydroxyl groups is 1. The Kier molecular flexibility index (Phi) is 3.78. The van der Waals surface area contributed by atoms with Crippen LogP contribution in [0.25, 0.3) is 0 Å². The summed E-state index contributed by atoms with van der Waals surface area (Å²) in [5, 5.41) is 17.5. The highest BCUT2D eigenvalue weighted by atomic mass is 19.2. The maximum Gasteiger partial charge on any atom is 0.183 e. The van der Waals surface area contributed by atoms with Crippen LogP contribution in [-0.2, 0) is 0 Å². The molecule has 1 N–H and O–H groups in total. The number of benzene rings is 1. The Balaban J connectivity index is 2.21. The maximum absolute atomic E-state index is 13.8. The average Bonchev–Trinajstić information content (AvgIpc) is 2.81. The Morgan fingerprint density at radius 2 is 2.17 bits per heavy atom. The van der Waals surface area contributed by atoms with Crippen molar-refractivity contribution in [3.05, 3.63) is 29.3 Å². The van der Waals surface area contributed by atoms with Gasteiger partial charge in [0.05, 0.1) is 11.3 Å². The highest BCUT2D eigenvalue weighted by Crippen LogP contribution is 2.29. The van der Waals surface area contributed by atoms with Gasteiger partial charge in [0, 0.05) is 19.7 Å². The molecule has 1 unspecified atom stereocenters. The van der Waals surface area contributed by atoms with E-state index in [0.717, 1.165) is 6.42 Å². The summed E-state index contributed by atoms with van der Waals surface area (Å²) in [6.07, 6.45) is 1.54. The van der Waals surface area contributed by atoms with E-state index in [4.69, 9.17) is 10.4 Å². The zero-order valence-corrected chi connectivity index (χ0v) is 9.87. The fourth-order valence-corrected chi connectivity index (χ4v) is 2.34. The molecule has 1 aliphatic rings. The molecule has 0 saturated carbocycles. The van der Waals surface area contributed by atoms with E-state index in [0.29, 0.717) is 25.4 Å². The van der Waals surface area contributed by atoms with Crippen molar-refractivity contribution in [2.75, 3.05) is 24.6 Å². The highest BCUT2D eigenvalue weighted by Gasteiger charge is 2.25. The second-order valence-electron chi connectivity index (χ2n) is 4.49. The van der Waals surface area contributed by atoms with Crippen LogP contribution in [-0.4, -0.2) is 24.8 Å². The molecule has 96 valence electrons. The average molecular weight is 252 g/mol. The van der Waals surface area contributed by atoms with Gasteiger partial charge in [-0.3, -0.25) is 0 Å². The van der Waals surface area contributed by atoms with Crippen LogP contribution < -0.4 is 4.90 Å². The first-order chi connectivity index (χ1) is 8.67. The van der Waals surface area contributed by atoms with Gasteiger partial charge < -0.3 is 10.0 Å². The van der Waals surface area contributed by atoms with Crippen LogP contribution in [0.5, 0.6) is 0 Å². The molecule has 1 fully saturated rings. The lowest BCUT2D eigenvalue weighted by molar-refractivity contribution is 0.263. The van der Waals surface area contributed by atoms with E-state index in [1.165, 1.54) is 12.1 Å². The van der Waals surface area contributed by atoms with E-state index in [1.807, 2.05) is 0 Å². The number of anilines is 1. The normalized spacial score (nSPS) is 19.0. The van der Waals surface area contributed by atoms with E-state index in [1.54, 1.807) is 11.0 Å². The summed E-state index contributed by atoms with van der Waals surface area (Å²) in [6.45, 7) is 1.37. The van der Waals surface area contributed by atoms with Crippen molar-refractivity contribution in [3.63, 3.8) is 0 Å². The van der Waals surface area contributed by atoms with E-state index in [-0.39, 0.29) is 17.9 Å². The first-order valence-electron chi connectivity index (χ1n) is 5.91. The Morgan fingerprint density at radius 3 is 2.83 bits per heavy atom. The largest absolute Gasteiger partial charge is 0.396 e. The topological polar surface area (TPSA) is 47.3 Å². The molecule has 1 atom stereocenters. The van der Waals surface area contributed by atoms with Crippen molar-refractivity contribution in [2.45, 2.75) is 12.8 Å². The Labute approximate surface area is 104 Å². The smallest absolute Gasteiger partial charge is 0.183 e. The zero-order chi connectivity index (χ0) is 13.1. The molecule has 18 heavy (non-hydrogen) atoms. The van der Waals surface area contributed by atoms with Crippen molar-refractivity contribution in [3.8, 4) is 6.07 Å². The van der Waals surface area contributed by atoms with Gasteiger partial charge in [-0.2, -0.15) is 5.26 Å². The molecule has 0 radical (unpaired) electrons. The first kappa shape index (κ1) is 12.8. The van der Waals surface area contributed by atoms with Crippen molar-refractivity contribution in [1.82, 2.24) is 0 Å². The molecule has 1 aliphatic heterocycles. The van der Waals surface area contributed by atoms with E-state index in [9.17, 15) is 8.78 Å². The number of rotatable bonds is 3. The SMILES string of the molecule is N#Cc1ccc(N2CCC(CCO)C2)c(F)c1F. The summed E-state index contributed by atoms with van der Waals surface area (Å²) in [6, 6.07) is 4.36. The van der Waals surface area contributed by atoms with Crippen LogP contribution in [0.15, 0.2) is 12.1 Å². The van der Waals surface area contributed by atoms with Gasteiger partial charge in [-0.25, -0.2) is 8.78 Å². The summed E-state index contributed by atoms with van der Waals surface area (Å²) in [5.41, 5.74) is -0.0747. The number of hydrogen-bond acceptors (Lipinski definition) is 3. The van der Waals surface area contributed by atoms with Crippen LogP contribution in [0.3, 0.4) is 0 Å². The van der Waals surface area contributed by atoms with E-state index in [2.05, 4.69) is 0 Å². The predicted molar refractivity (Wildman–Crippen MR) is 63.1 cm³/mol. The van der Waals surface area contributed by atoms with Crippen LogP contribution in [0.4, 0.5) is 14.5 Å². The van der Waals surface area contributed by atoms with Crippen LogP contribution >= 0.6 is 0 Å². The lowest BCUT2D eigenvalue weighted by Gasteiger charge is -2.19. The molecular formula is C13H14F2N2O. The van der Waals surface area contributed by atoms with Gasteiger partial charge in [-0.1, -0.05) is 0 Å². The predicted octanol–water partition coefficient (Wildman–Crippen LogP) is 2.05. The summed E-state index contributed by atoms with van der Waals surface area (Å²) >= 11 is 0. The minimum absolute atomic E-state index is 0.114. The zero-order valence-electron chi connectivity index (χ0n) is 9.87. The summed E-state index contributed by atoms with van der Waals surface area (Å²) in [7, 11) is 0. The lowest BCUT2D eigenvalue weighted by Crippen LogP contribution is -2.21. The Morgan fingerprint density at radius 1 is 1.39 bits per heavy atom. The van der Waals surface area contributed by atoms with E-state index < -0.39 is 11.6 Å². The van der Waals surface area contributed by atoms with E-state index >= 15 is 0 Å². The molecule has 1 aromatic rings. The number of nitriles is 1. The quantitative estimate of drug-likeness (QED) is 0.895. The molecule has 2 rings (SSSR count). The number of aliphatic hydroxyl groups excluding tert-OH is 1. The first-order valence-corrected chi connectivity index (χ1v) is 5.91. The number of halogens is 2. The number of hydrogen-bond donors (Lipinski definition) is 1. The third-order valence-corrected chi connectivity index (χ3v) is 3.35. The minimum atomic E-state index is -1.08. The third kappa shape index (κ3) is 2.29. The number of nitrogens with zero attached hydrogens (tertiary/aromatic N) is 2. The molecule has 0 spiro atoms. The van der Waals surface area contributed by atoms with Gasteiger partial charge in [0.15, 0.2) is 11.6 Å². The van der Waals surface area contributed by atoms with Crippen molar-refractivity contribution < 1.29 is 13.9 Å². The second kappa shape index (κ2) is 5.32. The molecule has 1 saturated heterocycles. The molecular weight excluding hydrogens is 238 g/mol. The fourth-order valence-electron chi connectivity index (χ4n) is 2.34. The molecule has 5 heteroatoms. The molecule has 0 amide bonds. The summed E-state index contributed by atoms with van der Waals surface area (Å²) < 4.78 is 27.3. The third-order valence-electron chi connectivity index (χ3n) is 3.35. The van der Waals surface area contributed by atoms with Crippen LogP contribution in [0.2, 0.25) is 0 Å².